The molecule has 0 saturated heterocycles. The van der Waals surface area contributed by atoms with Crippen LogP contribution in [0.1, 0.15) is 16.8 Å². The molecule has 0 saturated carbocycles. The Bertz CT molecular complexity index is 437. The molecular weight excluding hydrogens is 261 g/mol. The van der Waals surface area contributed by atoms with E-state index >= 15 is 0 Å². The molecule has 5 heteroatoms. The van der Waals surface area contributed by atoms with Gasteiger partial charge >= 0.3 is 0 Å². The molecule has 0 radical (unpaired) electrons. The second-order valence-electron chi connectivity index (χ2n) is 4.04. The Morgan fingerprint density at radius 1 is 1.53 bits per heavy atom. The molecule has 1 atom stereocenters. The SMILES string of the molecule is CN1CC(CCCl)Oc2cc(Cl)ccc2C1=O. The number of benzene rings is 1. The van der Waals surface area contributed by atoms with Crippen molar-refractivity contribution in [3.63, 3.8) is 0 Å². The van der Waals surface area contributed by atoms with Crippen molar-refractivity contribution >= 4 is 29.1 Å². The van der Waals surface area contributed by atoms with Crippen molar-refractivity contribution < 1.29 is 9.53 Å². The number of carbonyl (C=O) groups is 1. The van der Waals surface area contributed by atoms with Crippen LogP contribution in [-0.2, 0) is 0 Å². The minimum atomic E-state index is -0.0823. The summed E-state index contributed by atoms with van der Waals surface area (Å²) in [5.74, 6) is 0.999. The lowest BCUT2D eigenvalue weighted by Gasteiger charge is -2.19. The van der Waals surface area contributed by atoms with Crippen molar-refractivity contribution in [2.45, 2.75) is 12.5 Å². The minimum absolute atomic E-state index is 0.0475. The third kappa shape index (κ3) is 2.67. The first kappa shape index (κ1) is 12.5. The van der Waals surface area contributed by atoms with E-state index in [1.54, 1.807) is 30.1 Å². The topological polar surface area (TPSA) is 29.5 Å². The zero-order valence-corrected chi connectivity index (χ0v) is 11.0. The predicted octanol–water partition coefficient (Wildman–Crippen LogP) is 2.80. The first-order valence-corrected chi connectivity index (χ1v) is 6.30. The van der Waals surface area contributed by atoms with Crippen molar-refractivity contribution in [2.75, 3.05) is 19.5 Å². The third-order valence-electron chi connectivity index (χ3n) is 2.72. The molecule has 1 aromatic carbocycles. The fraction of sp³-hybridized carbons (Fsp3) is 0.417. The molecule has 0 spiro atoms. The molecule has 3 nitrogen and oxygen atoms in total. The van der Waals surface area contributed by atoms with Gasteiger partial charge in [0.15, 0.2) is 0 Å². The number of rotatable bonds is 2. The second-order valence-corrected chi connectivity index (χ2v) is 4.86. The largest absolute Gasteiger partial charge is 0.488 e. The molecule has 1 aromatic rings. The highest BCUT2D eigenvalue weighted by atomic mass is 35.5. The number of carbonyl (C=O) groups excluding carboxylic acids is 1. The summed E-state index contributed by atoms with van der Waals surface area (Å²) < 4.78 is 5.79. The second kappa shape index (κ2) is 5.15. The molecule has 92 valence electrons. The molecule has 0 fully saturated rings. The van der Waals surface area contributed by atoms with E-state index in [2.05, 4.69) is 0 Å². The minimum Gasteiger partial charge on any atom is -0.488 e. The lowest BCUT2D eigenvalue weighted by Crippen LogP contribution is -2.34. The van der Waals surface area contributed by atoms with Crippen LogP contribution in [-0.4, -0.2) is 36.4 Å². The van der Waals surface area contributed by atoms with E-state index in [1.807, 2.05) is 0 Å². The number of halogens is 2. The Morgan fingerprint density at radius 3 is 3.00 bits per heavy atom. The Kier molecular flexibility index (Phi) is 3.79. The van der Waals surface area contributed by atoms with E-state index in [0.29, 0.717) is 35.2 Å². The van der Waals surface area contributed by atoms with Gasteiger partial charge in [-0.25, -0.2) is 0 Å². The summed E-state index contributed by atoms with van der Waals surface area (Å²) in [6.07, 6.45) is 0.617. The van der Waals surface area contributed by atoms with Gasteiger partial charge in [0.25, 0.3) is 5.91 Å². The van der Waals surface area contributed by atoms with Gasteiger partial charge in [-0.3, -0.25) is 4.79 Å². The first-order chi connectivity index (χ1) is 8.11. The number of hydrogen-bond acceptors (Lipinski definition) is 2. The molecule has 1 amide bonds. The van der Waals surface area contributed by atoms with Gasteiger partial charge in [-0.05, 0) is 24.6 Å². The van der Waals surface area contributed by atoms with Crippen LogP contribution in [0.2, 0.25) is 5.02 Å². The Hall–Kier alpha value is -0.930. The molecule has 0 bridgehead atoms. The van der Waals surface area contributed by atoms with E-state index in [0.717, 1.165) is 0 Å². The molecule has 2 rings (SSSR count). The van der Waals surface area contributed by atoms with E-state index in [9.17, 15) is 4.79 Å². The maximum atomic E-state index is 12.1. The van der Waals surface area contributed by atoms with Gasteiger partial charge in [0.1, 0.15) is 11.9 Å². The highest BCUT2D eigenvalue weighted by Gasteiger charge is 2.26. The molecular formula is C12H13Cl2NO2. The van der Waals surface area contributed by atoms with Crippen LogP contribution in [0.4, 0.5) is 0 Å². The molecule has 1 heterocycles. The third-order valence-corrected chi connectivity index (χ3v) is 3.18. The highest BCUT2D eigenvalue weighted by Crippen LogP contribution is 2.28. The summed E-state index contributed by atoms with van der Waals surface area (Å²) in [7, 11) is 1.76. The van der Waals surface area contributed by atoms with Gasteiger partial charge in [-0.2, -0.15) is 0 Å². The molecule has 0 aliphatic carbocycles. The van der Waals surface area contributed by atoms with Gasteiger partial charge in [0.2, 0.25) is 0 Å². The van der Waals surface area contributed by atoms with E-state index in [4.69, 9.17) is 27.9 Å². The summed E-state index contributed by atoms with van der Waals surface area (Å²) in [4.78, 5) is 13.7. The van der Waals surface area contributed by atoms with Gasteiger partial charge in [0.05, 0.1) is 12.1 Å². The fourth-order valence-electron chi connectivity index (χ4n) is 1.85. The summed E-state index contributed by atoms with van der Waals surface area (Å²) in [6, 6.07) is 5.06. The van der Waals surface area contributed by atoms with Crippen LogP contribution in [0.25, 0.3) is 0 Å². The number of ether oxygens (including phenoxy) is 1. The standard InChI is InChI=1S/C12H13Cl2NO2/c1-15-7-9(4-5-13)17-11-6-8(14)2-3-10(11)12(15)16/h2-3,6,9H,4-5,7H2,1H3. The highest BCUT2D eigenvalue weighted by molar-refractivity contribution is 6.30. The van der Waals surface area contributed by atoms with Crippen molar-refractivity contribution in [3.05, 3.63) is 28.8 Å². The zero-order valence-electron chi connectivity index (χ0n) is 9.45. The van der Waals surface area contributed by atoms with E-state index in [1.165, 1.54) is 0 Å². The van der Waals surface area contributed by atoms with Crippen molar-refractivity contribution in [1.29, 1.82) is 0 Å². The number of amides is 1. The average Bonchev–Trinajstić information content (AvgIpc) is 2.38. The monoisotopic (exact) mass is 273 g/mol. The van der Waals surface area contributed by atoms with Gasteiger partial charge in [-0.1, -0.05) is 11.6 Å². The Balaban J connectivity index is 2.37. The smallest absolute Gasteiger partial charge is 0.257 e. The van der Waals surface area contributed by atoms with Crippen LogP contribution in [0.15, 0.2) is 18.2 Å². The van der Waals surface area contributed by atoms with Gasteiger partial charge in [-0.15, -0.1) is 11.6 Å². The van der Waals surface area contributed by atoms with Gasteiger partial charge in [0, 0.05) is 18.0 Å². The van der Waals surface area contributed by atoms with Crippen LogP contribution < -0.4 is 4.74 Å². The Morgan fingerprint density at radius 2 is 2.29 bits per heavy atom. The number of likely N-dealkylation sites (N-methyl/N-ethyl adjacent to an activating group) is 1. The van der Waals surface area contributed by atoms with Crippen LogP contribution in [0.5, 0.6) is 5.75 Å². The van der Waals surface area contributed by atoms with Gasteiger partial charge < -0.3 is 9.64 Å². The summed E-state index contributed by atoms with van der Waals surface area (Å²) in [6.45, 7) is 0.540. The lowest BCUT2D eigenvalue weighted by atomic mass is 10.2. The fourth-order valence-corrected chi connectivity index (χ4v) is 2.26. The predicted molar refractivity (Wildman–Crippen MR) is 68.2 cm³/mol. The van der Waals surface area contributed by atoms with Crippen LogP contribution >= 0.6 is 23.2 Å². The first-order valence-electron chi connectivity index (χ1n) is 5.39. The number of hydrogen-bond donors (Lipinski definition) is 0. The quantitative estimate of drug-likeness (QED) is 0.776. The summed E-state index contributed by atoms with van der Waals surface area (Å²) in [5.41, 5.74) is 0.550. The van der Waals surface area contributed by atoms with E-state index < -0.39 is 0 Å². The summed E-state index contributed by atoms with van der Waals surface area (Å²) >= 11 is 11.6. The molecule has 0 N–H and O–H groups in total. The number of fused-ring (bicyclic) bond motifs is 1. The molecule has 17 heavy (non-hydrogen) atoms. The van der Waals surface area contributed by atoms with Crippen LogP contribution in [0, 0.1) is 0 Å². The maximum absolute atomic E-state index is 12.1. The summed E-state index contributed by atoms with van der Waals surface area (Å²) in [5, 5.41) is 0.561. The molecule has 1 aliphatic heterocycles. The van der Waals surface area contributed by atoms with Crippen molar-refractivity contribution in [3.8, 4) is 5.75 Å². The number of nitrogens with zero attached hydrogens (tertiary/aromatic N) is 1. The van der Waals surface area contributed by atoms with E-state index in [-0.39, 0.29) is 12.0 Å². The van der Waals surface area contributed by atoms with Crippen molar-refractivity contribution in [1.82, 2.24) is 4.90 Å². The lowest BCUT2D eigenvalue weighted by molar-refractivity contribution is 0.0759. The zero-order chi connectivity index (χ0) is 12.4. The molecule has 1 unspecified atom stereocenters. The number of alkyl halides is 1. The molecule has 0 aromatic heterocycles. The Labute approximate surface area is 110 Å². The maximum Gasteiger partial charge on any atom is 0.257 e. The normalized spacial score (nSPS) is 19.6. The van der Waals surface area contributed by atoms with Crippen molar-refractivity contribution in [2.24, 2.45) is 0 Å². The van der Waals surface area contributed by atoms with Crippen LogP contribution in [0.3, 0.4) is 0 Å². The average molecular weight is 274 g/mol. The molecule has 1 aliphatic rings.